The topological polar surface area (TPSA) is 105 Å². The summed E-state index contributed by atoms with van der Waals surface area (Å²) >= 11 is 0. The molecule has 23 heavy (non-hydrogen) atoms. The Morgan fingerprint density at radius 3 is 2.78 bits per heavy atom. The van der Waals surface area contributed by atoms with E-state index in [1.54, 1.807) is 25.1 Å². The van der Waals surface area contributed by atoms with E-state index in [1.165, 1.54) is 0 Å². The lowest BCUT2D eigenvalue weighted by Crippen LogP contribution is -2.38. The van der Waals surface area contributed by atoms with E-state index in [2.05, 4.69) is 5.32 Å². The van der Waals surface area contributed by atoms with Gasteiger partial charge in [0.2, 0.25) is 0 Å². The van der Waals surface area contributed by atoms with Gasteiger partial charge in [0.1, 0.15) is 0 Å². The van der Waals surface area contributed by atoms with Crippen molar-refractivity contribution in [1.82, 2.24) is 5.32 Å². The maximum Gasteiger partial charge on any atom is 0.258 e. The first-order valence-electron chi connectivity index (χ1n) is 7.23. The number of nitriles is 1. The summed E-state index contributed by atoms with van der Waals surface area (Å²) in [5, 5.41) is 11.5. The Morgan fingerprint density at radius 1 is 1.39 bits per heavy atom. The summed E-state index contributed by atoms with van der Waals surface area (Å²) in [6.07, 6.45) is 0.426. The van der Waals surface area contributed by atoms with Gasteiger partial charge in [-0.05, 0) is 25.5 Å². The number of benzene rings is 1. The minimum Gasteiger partial charge on any atom is -0.490 e. The van der Waals surface area contributed by atoms with Gasteiger partial charge in [-0.3, -0.25) is 4.79 Å². The molecule has 1 aliphatic rings. The lowest BCUT2D eigenvalue weighted by Gasteiger charge is -2.14. The van der Waals surface area contributed by atoms with Crippen molar-refractivity contribution in [2.24, 2.45) is 0 Å². The molecule has 1 aliphatic heterocycles. The quantitative estimate of drug-likeness (QED) is 0.816. The zero-order valence-electron chi connectivity index (χ0n) is 12.7. The monoisotopic (exact) mass is 338 g/mol. The lowest BCUT2D eigenvalue weighted by atomic mass is 10.2. The van der Waals surface area contributed by atoms with Crippen LogP contribution in [0.15, 0.2) is 18.2 Å². The second kappa shape index (κ2) is 7.33. The van der Waals surface area contributed by atoms with Gasteiger partial charge in [-0.15, -0.1) is 0 Å². The molecule has 1 N–H and O–H groups in total. The Kier molecular flexibility index (Phi) is 5.45. The summed E-state index contributed by atoms with van der Waals surface area (Å²) in [5.74, 6) is 0.435. The van der Waals surface area contributed by atoms with Crippen LogP contribution in [-0.2, 0) is 14.6 Å². The van der Waals surface area contributed by atoms with Gasteiger partial charge in [0, 0.05) is 12.1 Å². The van der Waals surface area contributed by atoms with Gasteiger partial charge in [-0.1, -0.05) is 0 Å². The molecule has 0 radical (unpaired) electrons. The predicted molar refractivity (Wildman–Crippen MR) is 83.0 cm³/mol. The van der Waals surface area contributed by atoms with Crippen LogP contribution < -0.4 is 14.8 Å². The zero-order chi connectivity index (χ0) is 16.9. The summed E-state index contributed by atoms with van der Waals surface area (Å²) in [5.41, 5.74) is 0.432. The Morgan fingerprint density at radius 2 is 2.17 bits per heavy atom. The number of carbonyl (C=O) groups excluding carboxylic acids is 1. The molecule has 2 rings (SSSR count). The molecular formula is C15H18N2O5S. The Bertz CT molecular complexity index is 724. The number of carbonyl (C=O) groups is 1. The van der Waals surface area contributed by atoms with Crippen LogP contribution in [0.3, 0.4) is 0 Å². The van der Waals surface area contributed by atoms with Crippen LogP contribution in [0.5, 0.6) is 11.5 Å². The molecule has 0 bridgehead atoms. The first-order chi connectivity index (χ1) is 10.9. The summed E-state index contributed by atoms with van der Waals surface area (Å²) < 4.78 is 33.5. The second-order valence-electron chi connectivity index (χ2n) is 5.16. The van der Waals surface area contributed by atoms with Crippen molar-refractivity contribution in [1.29, 1.82) is 5.26 Å². The predicted octanol–water partition coefficient (Wildman–Crippen LogP) is 0.639. The molecule has 1 heterocycles. The van der Waals surface area contributed by atoms with Crippen molar-refractivity contribution in [2.75, 3.05) is 24.7 Å². The molecule has 8 heteroatoms. The van der Waals surface area contributed by atoms with Crippen LogP contribution in [0.2, 0.25) is 0 Å². The smallest absolute Gasteiger partial charge is 0.258 e. The molecule has 0 aromatic heterocycles. The van der Waals surface area contributed by atoms with Crippen molar-refractivity contribution < 1.29 is 22.7 Å². The highest BCUT2D eigenvalue weighted by Gasteiger charge is 2.28. The third-order valence-electron chi connectivity index (χ3n) is 3.33. The molecular weight excluding hydrogens is 320 g/mol. The number of sulfone groups is 1. The van der Waals surface area contributed by atoms with E-state index in [-0.39, 0.29) is 30.1 Å². The standard InChI is InChI=1S/C15H18N2O5S/c1-2-21-14-7-11(8-16)3-4-13(14)22-9-15(18)17-12-5-6-23(19,20)10-12/h3-4,7,12H,2,5-6,9-10H2,1H3,(H,17,18)/t12-/m0/s1. The number of amides is 1. The Labute approximate surface area is 135 Å². The maximum absolute atomic E-state index is 11.9. The van der Waals surface area contributed by atoms with Gasteiger partial charge in [0.05, 0.1) is 29.7 Å². The van der Waals surface area contributed by atoms with Crippen LogP contribution >= 0.6 is 0 Å². The van der Waals surface area contributed by atoms with Crippen LogP contribution in [0.4, 0.5) is 0 Å². The highest BCUT2D eigenvalue weighted by Crippen LogP contribution is 2.28. The van der Waals surface area contributed by atoms with E-state index < -0.39 is 9.84 Å². The van der Waals surface area contributed by atoms with E-state index in [9.17, 15) is 13.2 Å². The lowest BCUT2D eigenvalue weighted by molar-refractivity contribution is -0.123. The SMILES string of the molecule is CCOc1cc(C#N)ccc1OCC(=O)N[C@H]1CCS(=O)(=O)C1. The fourth-order valence-electron chi connectivity index (χ4n) is 2.29. The van der Waals surface area contributed by atoms with E-state index in [0.717, 1.165) is 0 Å². The van der Waals surface area contributed by atoms with Crippen LogP contribution in [0, 0.1) is 11.3 Å². The zero-order valence-corrected chi connectivity index (χ0v) is 13.6. The first-order valence-corrected chi connectivity index (χ1v) is 9.05. The van der Waals surface area contributed by atoms with E-state index in [1.807, 2.05) is 6.07 Å². The summed E-state index contributed by atoms with van der Waals surface area (Å²) in [7, 11) is -3.04. The van der Waals surface area contributed by atoms with Crippen LogP contribution in [-0.4, -0.2) is 45.1 Å². The van der Waals surface area contributed by atoms with Crippen molar-refractivity contribution >= 4 is 15.7 Å². The largest absolute Gasteiger partial charge is 0.490 e. The van der Waals surface area contributed by atoms with Crippen molar-refractivity contribution in [3.8, 4) is 17.6 Å². The van der Waals surface area contributed by atoms with Gasteiger partial charge in [0.25, 0.3) is 5.91 Å². The van der Waals surface area contributed by atoms with Gasteiger partial charge in [-0.25, -0.2) is 8.42 Å². The molecule has 0 unspecified atom stereocenters. The number of nitrogens with zero attached hydrogens (tertiary/aromatic N) is 1. The third kappa shape index (κ3) is 4.86. The third-order valence-corrected chi connectivity index (χ3v) is 5.10. The van der Waals surface area contributed by atoms with Crippen LogP contribution in [0.1, 0.15) is 18.9 Å². The number of hydrogen-bond donors (Lipinski definition) is 1. The Balaban J connectivity index is 1.92. The van der Waals surface area contributed by atoms with Gasteiger partial charge in [0.15, 0.2) is 27.9 Å². The fourth-order valence-corrected chi connectivity index (χ4v) is 3.96. The summed E-state index contributed by atoms with van der Waals surface area (Å²) in [6.45, 7) is 1.95. The molecule has 0 saturated carbocycles. The highest BCUT2D eigenvalue weighted by atomic mass is 32.2. The average molecular weight is 338 g/mol. The molecule has 1 aromatic carbocycles. The molecule has 124 valence electrons. The van der Waals surface area contributed by atoms with Crippen molar-refractivity contribution in [3.05, 3.63) is 23.8 Å². The fraction of sp³-hybridized carbons (Fsp3) is 0.467. The van der Waals surface area contributed by atoms with E-state index >= 15 is 0 Å². The molecule has 1 saturated heterocycles. The van der Waals surface area contributed by atoms with Gasteiger partial charge in [-0.2, -0.15) is 5.26 Å². The Hall–Kier alpha value is -2.27. The molecule has 0 spiro atoms. The first kappa shape index (κ1) is 17.1. The number of nitrogens with one attached hydrogen (secondary N) is 1. The average Bonchev–Trinajstić information content (AvgIpc) is 2.85. The molecule has 1 aromatic rings. The minimum atomic E-state index is -3.04. The normalized spacial score (nSPS) is 18.9. The summed E-state index contributed by atoms with van der Waals surface area (Å²) in [4.78, 5) is 11.9. The summed E-state index contributed by atoms with van der Waals surface area (Å²) in [6, 6.07) is 6.32. The van der Waals surface area contributed by atoms with E-state index in [4.69, 9.17) is 14.7 Å². The molecule has 0 aliphatic carbocycles. The second-order valence-corrected chi connectivity index (χ2v) is 7.39. The van der Waals surface area contributed by atoms with Gasteiger partial charge >= 0.3 is 0 Å². The molecule has 1 amide bonds. The number of rotatable bonds is 6. The molecule has 7 nitrogen and oxygen atoms in total. The molecule has 1 fully saturated rings. The van der Waals surface area contributed by atoms with Crippen molar-refractivity contribution in [2.45, 2.75) is 19.4 Å². The number of hydrogen-bond acceptors (Lipinski definition) is 6. The molecule has 1 atom stereocenters. The van der Waals surface area contributed by atoms with Gasteiger partial charge < -0.3 is 14.8 Å². The van der Waals surface area contributed by atoms with E-state index in [0.29, 0.717) is 30.1 Å². The minimum absolute atomic E-state index is 0.0280. The maximum atomic E-state index is 11.9. The van der Waals surface area contributed by atoms with Crippen LogP contribution in [0.25, 0.3) is 0 Å². The highest BCUT2D eigenvalue weighted by molar-refractivity contribution is 7.91. The van der Waals surface area contributed by atoms with Crippen molar-refractivity contribution in [3.63, 3.8) is 0 Å². The number of ether oxygens (including phenoxy) is 2.